The Kier molecular flexibility index (Phi) is 3.47. The van der Waals surface area contributed by atoms with Crippen LogP contribution in [0.3, 0.4) is 0 Å². The summed E-state index contributed by atoms with van der Waals surface area (Å²) in [7, 11) is 0. The molecule has 0 radical (unpaired) electrons. The Morgan fingerprint density at radius 3 is 2.59 bits per heavy atom. The summed E-state index contributed by atoms with van der Waals surface area (Å²) in [4.78, 5) is 13.7. The van der Waals surface area contributed by atoms with Gasteiger partial charge in [0.2, 0.25) is 0 Å². The molecule has 3 N–H and O–H groups in total. The van der Waals surface area contributed by atoms with Crippen LogP contribution in [0.1, 0.15) is 18.4 Å². The van der Waals surface area contributed by atoms with Crippen molar-refractivity contribution in [1.29, 1.82) is 5.41 Å². The van der Waals surface area contributed by atoms with E-state index in [1.165, 1.54) is 0 Å². The number of nitrogen functional groups attached to an aromatic ring is 1. The average molecular weight is 296 g/mol. The van der Waals surface area contributed by atoms with Crippen molar-refractivity contribution in [3.63, 3.8) is 0 Å². The van der Waals surface area contributed by atoms with Crippen molar-refractivity contribution in [1.82, 2.24) is 4.90 Å². The van der Waals surface area contributed by atoms with Crippen molar-refractivity contribution in [3.05, 3.63) is 28.2 Å². The molecule has 1 fully saturated rings. The predicted molar refractivity (Wildman–Crippen MR) is 71.2 cm³/mol. The second kappa shape index (κ2) is 4.87. The van der Waals surface area contributed by atoms with Crippen LogP contribution in [0.4, 0.5) is 5.69 Å². The van der Waals surface area contributed by atoms with Crippen molar-refractivity contribution in [3.8, 4) is 0 Å². The Balaban J connectivity index is 2.21. The molecule has 17 heavy (non-hydrogen) atoms. The number of halogens is 1. The number of carbonyl (C=O) groups is 1. The van der Waals surface area contributed by atoms with Gasteiger partial charge < -0.3 is 10.6 Å². The number of nitrogens with one attached hydrogen (secondary N) is 1. The number of amides is 1. The summed E-state index contributed by atoms with van der Waals surface area (Å²) in [5.41, 5.74) is 6.76. The van der Waals surface area contributed by atoms with Crippen LogP contribution in [0.15, 0.2) is 22.7 Å². The van der Waals surface area contributed by atoms with Crippen molar-refractivity contribution >= 4 is 33.2 Å². The Morgan fingerprint density at radius 2 is 2.00 bits per heavy atom. The molecule has 1 aromatic rings. The minimum absolute atomic E-state index is 0.0168. The second-order valence-electron chi connectivity index (χ2n) is 4.11. The zero-order valence-electron chi connectivity index (χ0n) is 9.37. The van der Waals surface area contributed by atoms with Crippen LogP contribution in [0.2, 0.25) is 0 Å². The minimum atomic E-state index is -0.225. The van der Waals surface area contributed by atoms with Gasteiger partial charge in [0.1, 0.15) is 5.71 Å². The molecule has 1 aliphatic rings. The van der Waals surface area contributed by atoms with E-state index < -0.39 is 0 Å². The first-order chi connectivity index (χ1) is 8.09. The fraction of sp³-hybridized carbons (Fsp3) is 0.333. The molecule has 0 unspecified atom stereocenters. The van der Waals surface area contributed by atoms with Crippen LogP contribution in [0.25, 0.3) is 0 Å². The lowest BCUT2D eigenvalue weighted by atomic mass is 10.1. The van der Waals surface area contributed by atoms with Crippen LogP contribution < -0.4 is 5.73 Å². The average Bonchev–Trinajstić information content (AvgIpc) is 2.80. The predicted octanol–water partition coefficient (Wildman–Crippen LogP) is 2.02. The van der Waals surface area contributed by atoms with E-state index in [1.54, 1.807) is 23.1 Å². The lowest BCUT2D eigenvalue weighted by Gasteiger charge is -2.16. The van der Waals surface area contributed by atoms with Gasteiger partial charge in [-0.2, -0.15) is 0 Å². The largest absolute Gasteiger partial charge is 0.398 e. The first-order valence-corrected chi connectivity index (χ1v) is 6.32. The van der Waals surface area contributed by atoms with E-state index in [4.69, 9.17) is 11.1 Å². The van der Waals surface area contributed by atoms with Crippen molar-refractivity contribution in [2.45, 2.75) is 12.8 Å². The van der Waals surface area contributed by atoms with E-state index in [9.17, 15) is 4.79 Å². The van der Waals surface area contributed by atoms with Gasteiger partial charge in [-0.05, 0) is 31.0 Å². The van der Waals surface area contributed by atoms with Crippen LogP contribution >= 0.6 is 15.9 Å². The fourth-order valence-electron chi connectivity index (χ4n) is 1.95. The molecule has 0 saturated carbocycles. The third kappa shape index (κ3) is 2.49. The third-order valence-electron chi connectivity index (χ3n) is 2.89. The van der Waals surface area contributed by atoms with Gasteiger partial charge in [0.05, 0.1) is 0 Å². The van der Waals surface area contributed by atoms with Crippen LogP contribution in [0.5, 0.6) is 0 Å². The number of benzene rings is 1. The maximum atomic E-state index is 12.0. The van der Waals surface area contributed by atoms with E-state index in [0.29, 0.717) is 11.3 Å². The summed E-state index contributed by atoms with van der Waals surface area (Å²) >= 11 is 3.30. The molecule has 4 nitrogen and oxygen atoms in total. The Bertz CT molecular complexity index is 467. The van der Waals surface area contributed by atoms with Crippen LogP contribution in [-0.2, 0) is 4.79 Å². The Hall–Kier alpha value is -1.36. The highest BCUT2D eigenvalue weighted by molar-refractivity contribution is 9.10. The maximum Gasteiger partial charge on any atom is 0.272 e. The SMILES string of the molecule is N=C(C(=O)N1CCCC1)c1ccc(Br)cc1N. The molecule has 0 atom stereocenters. The zero-order valence-corrected chi connectivity index (χ0v) is 11.0. The number of likely N-dealkylation sites (tertiary alicyclic amines) is 1. The standard InChI is InChI=1S/C12H14BrN3O/c13-8-3-4-9(10(14)7-8)11(15)12(17)16-5-1-2-6-16/h3-4,7,15H,1-2,5-6,14H2. The Morgan fingerprint density at radius 1 is 1.35 bits per heavy atom. The molecule has 0 aliphatic carbocycles. The number of hydrogen-bond donors (Lipinski definition) is 2. The van der Waals surface area contributed by atoms with Gasteiger partial charge in [-0.3, -0.25) is 10.2 Å². The number of nitrogens with zero attached hydrogens (tertiary/aromatic N) is 1. The number of anilines is 1. The van der Waals surface area contributed by atoms with E-state index in [1.807, 2.05) is 0 Å². The fourth-order valence-corrected chi connectivity index (χ4v) is 2.33. The Labute approximate surface area is 108 Å². The van der Waals surface area contributed by atoms with Gasteiger partial charge in [-0.25, -0.2) is 0 Å². The highest BCUT2D eigenvalue weighted by Gasteiger charge is 2.23. The molecule has 2 rings (SSSR count). The highest BCUT2D eigenvalue weighted by atomic mass is 79.9. The van der Waals surface area contributed by atoms with Gasteiger partial charge in [0.15, 0.2) is 0 Å². The molecular weight excluding hydrogens is 282 g/mol. The quantitative estimate of drug-likeness (QED) is 0.647. The van der Waals surface area contributed by atoms with Crippen molar-refractivity contribution < 1.29 is 4.79 Å². The van der Waals surface area contributed by atoms with Gasteiger partial charge in [-0.15, -0.1) is 0 Å². The second-order valence-corrected chi connectivity index (χ2v) is 5.02. The molecule has 0 bridgehead atoms. The summed E-state index contributed by atoms with van der Waals surface area (Å²) in [6, 6.07) is 5.20. The van der Waals surface area contributed by atoms with E-state index in [2.05, 4.69) is 15.9 Å². The van der Waals surface area contributed by atoms with E-state index in [0.717, 1.165) is 30.4 Å². The van der Waals surface area contributed by atoms with Crippen LogP contribution in [-0.4, -0.2) is 29.6 Å². The van der Waals surface area contributed by atoms with Gasteiger partial charge in [0.25, 0.3) is 5.91 Å². The van der Waals surface area contributed by atoms with Crippen LogP contribution in [0, 0.1) is 5.41 Å². The lowest BCUT2D eigenvalue weighted by Crippen LogP contribution is -2.34. The summed E-state index contributed by atoms with van der Waals surface area (Å²) in [6.07, 6.45) is 2.05. The summed E-state index contributed by atoms with van der Waals surface area (Å²) < 4.78 is 0.847. The first-order valence-electron chi connectivity index (χ1n) is 5.53. The zero-order chi connectivity index (χ0) is 12.4. The molecule has 1 saturated heterocycles. The van der Waals surface area contributed by atoms with Gasteiger partial charge in [-0.1, -0.05) is 15.9 Å². The highest BCUT2D eigenvalue weighted by Crippen LogP contribution is 2.20. The van der Waals surface area contributed by atoms with Crippen molar-refractivity contribution in [2.24, 2.45) is 0 Å². The summed E-state index contributed by atoms with van der Waals surface area (Å²) in [6.45, 7) is 1.50. The number of rotatable bonds is 2. The smallest absolute Gasteiger partial charge is 0.272 e. The maximum absolute atomic E-state index is 12.0. The van der Waals surface area contributed by atoms with Gasteiger partial charge in [0, 0.05) is 28.8 Å². The summed E-state index contributed by atoms with van der Waals surface area (Å²) in [5.74, 6) is -0.225. The molecule has 5 heteroatoms. The van der Waals surface area contributed by atoms with E-state index >= 15 is 0 Å². The molecular formula is C12H14BrN3O. The number of nitrogens with two attached hydrogens (primary N) is 1. The molecule has 1 heterocycles. The minimum Gasteiger partial charge on any atom is -0.398 e. The number of hydrogen-bond acceptors (Lipinski definition) is 3. The summed E-state index contributed by atoms with van der Waals surface area (Å²) in [5, 5.41) is 7.93. The molecule has 0 aromatic heterocycles. The molecule has 0 spiro atoms. The molecule has 90 valence electrons. The molecule has 1 amide bonds. The molecule has 1 aromatic carbocycles. The lowest BCUT2D eigenvalue weighted by molar-refractivity contribution is -0.123. The number of carbonyl (C=O) groups excluding carboxylic acids is 1. The first kappa shape index (κ1) is 12.1. The van der Waals surface area contributed by atoms with Gasteiger partial charge >= 0.3 is 0 Å². The molecule has 1 aliphatic heterocycles. The third-order valence-corrected chi connectivity index (χ3v) is 3.38. The van der Waals surface area contributed by atoms with Crippen molar-refractivity contribution in [2.75, 3.05) is 18.8 Å². The monoisotopic (exact) mass is 295 g/mol. The topological polar surface area (TPSA) is 70.2 Å². The van der Waals surface area contributed by atoms with E-state index in [-0.39, 0.29) is 11.6 Å². The normalized spacial score (nSPS) is 15.0.